The van der Waals surface area contributed by atoms with E-state index in [1.54, 1.807) is 0 Å². The van der Waals surface area contributed by atoms with Crippen LogP contribution in [0.15, 0.2) is 6.20 Å². The second-order valence-electron chi connectivity index (χ2n) is 5.89. The first kappa shape index (κ1) is 13.1. The Morgan fingerprint density at radius 2 is 2.26 bits per heavy atom. The van der Waals surface area contributed by atoms with Gasteiger partial charge in [-0.15, -0.1) is 0 Å². The summed E-state index contributed by atoms with van der Waals surface area (Å²) in [6.07, 6.45) is 4.70. The maximum absolute atomic E-state index is 6.06. The Morgan fingerprint density at radius 3 is 2.95 bits per heavy atom. The normalized spacial score (nSPS) is 26.6. The highest BCUT2D eigenvalue weighted by Crippen LogP contribution is 2.28. The first-order valence-electron chi connectivity index (χ1n) is 7.37. The molecule has 3 rings (SSSR count). The highest BCUT2D eigenvalue weighted by Gasteiger charge is 2.34. The van der Waals surface area contributed by atoms with E-state index in [1.165, 1.54) is 37.2 Å². The molecule has 0 aromatic carbocycles. The largest absolute Gasteiger partial charge is 0.329 e. The topological polar surface area (TPSA) is 50.3 Å². The predicted molar refractivity (Wildman–Crippen MR) is 75.9 cm³/mol. The fourth-order valence-corrected chi connectivity index (χ4v) is 3.61. The molecule has 2 atom stereocenters. The van der Waals surface area contributed by atoms with Crippen molar-refractivity contribution < 1.29 is 0 Å². The Balaban J connectivity index is 1.77. The number of fused-ring (bicyclic) bond motifs is 1. The SMILES string of the molecule is Cc1c(C(CN)N2CCN3CCCC3C2)cnn1C. The Morgan fingerprint density at radius 1 is 1.42 bits per heavy atom. The molecule has 0 amide bonds. The smallest absolute Gasteiger partial charge is 0.0540 e. The monoisotopic (exact) mass is 263 g/mol. The lowest BCUT2D eigenvalue weighted by Crippen LogP contribution is -2.52. The van der Waals surface area contributed by atoms with Crippen LogP contribution in [0.1, 0.15) is 30.1 Å². The van der Waals surface area contributed by atoms with Crippen LogP contribution in [-0.2, 0) is 7.05 Å². The molecule has 106 valence electrons. The van der Waals surface area contributed by atoms with Gasteiger partial charge < -0.3 is 5.73 Å². The highest BCUT2D eigenvalue weighted by atomic mass is 15.3. The lowest BCUT2D eigenvalue weighted by Gasteiger charge is -2.41. The predicted octanol–water partition coefficient (Wildman–Crippen LogP) is 0.508. The first-order valence-corrected chi connectivity index (χ1v) is 7.37. The second-order valence-corrected chi connectivity index (χ2v) is 5.89. The summed E-state index contributed by atoms with van der Waals surface area (Å²) in [5.41, 5.74) is 8.60. The van der Waals surface area contributed by atoms with Gasteiger partial charge in [0.1, 0.15) is 0 Å². The van der Waals surface area contributed by atoms with Gasteiger partial charge in [-0.2, -0.15) is 5.10 Å². The number of aryl methyl sites for hydroxylation is 1. The Kier molecular flexibility index (Phi) is 3.60. The molecule has 0 saturated carbocycles. The number of hydrogen-bond donors (Lipinski definition) is 1. The molecular weight excluding hydrogens is 238 g/mol. The van der Waals surface area contributed by atoms with Crippen molar-refractivity contribution in [1.29, 1.82) is 0 Å². The van der Waals surface area contributed by atoms with Gasteiger partial charge in [0.25, 0.3) is 0 Å². The molecule has 0 bridgehead atoms. The highest BCUT2D eigenvalue weighted by molar-refractivity contribution is 5.21. The standard InChI is InChI=1S/C14H25N5/c1-11-13(9-16-17(11)2)14(8-15)19-7-6-18-5-3-4-12(18)10-19/h9,12,14H,3-8,10,15H2,1-2H3. The van der Waals surface area contributed by atoms with Gasteiger partial charge in [-0.05, 0) is 26.3 Å². The molecule has 1 aromatic heterocycles. The number of piperazine rings is 1. The molecule has 2 fully saturated rings. The van der Waals surface area contributed by atoms with E-state index in [-0.39, 0.29) is 0 Å². The fraction of sp³-hybridized carbons (Fsp3) is 0.786. The van der Waals surface area contributed by atoms with Gasteiger partial charge >= 0.3 is 0 Å². The maximum Gasteiger partial charge on any atom is 0.0540 e. The van der Waals surface area contributed by atoms with Crippen LogP contribution >= 0.6 is 0 Å². The number of nitrogens with zero attached hydrogens (tertiary/aromatic N) is 4. The zero-order valence-corrected chi connectivity index (χ0v) is 12.0. The van der Waals surface area contributed by atoms with E-state index in [0.29, 0.717) is 12.6 Å². The van der Waals surface area contributed by atoms with Gasteiger partial charge in [0.05, 0.1) is 12.2 Å². The van der Waals surface area contributed by atoms with Crippen LogP contribution in [0.5, 0.6) is 0 Å². The summed E-state index contributed by atoms with van der Waals surface area (Å²) < 4.78 is 1.95. The zero-order valence-electron chi connectivity index (χ0n) is 12.0. The summed E-state index contributed by atoms with van der Waals surface area (Å²) in [5, 5.41) is 4.37. The Bertz CT molecular complexity index is 441. The third kappa shape index (κ3) is 2.30. The quantitative estimate of drug-likeness (QED) is 0.863. The molecule has 19 heavy (non-hydrogen) atoms. The van der Waals surface area contributed by atoms with Crippen molar-refractivity contribution in [2.45, 2.75) is 31.8 Å². The van der Waals surface area contributed by atoms with Crippen LogP contribution in [0.25, 0.3) is 0 Å². The molecule has 0 radical (unpaired) electrons. The molecule has 2 aliphatic heterocycles. The van der Waals surface area contributed by atoms with E-state index >= 15 is 0 Å². The summed E-state index contributed by atoms with van der Waals surface area (Å²) >= 11 is 0. The second kappa shape index (κ2) is 5.23. The van der Waals surface area contributed by atoms with Crippen LogP contribution < -0.4 is 5.73 Å². The summed E-state index contributed by atoms with van der Waals surface area (Å²) in [6.45, 7) is 7.59. The third-order valence-corrected chi connectivity index (χ3v) is 4.91. The van der Waals surface area contributed by atoms with E-state index in [2.05, 4.69) is 21.8 Å². The Labute approximate surface area is 115 Å². The summed E-state index contributed by atoms with van der Waals surface area (Å²) in [4.78, 5) is 5.21. The van der Waals surface area contributed by atoms with Crippen molar-refractivity contribution in [2.75, 3.05) is 32.7 Å². The summed E-state index contributed by atoms with van der Waals surface area (Å²) in [6, 6.07) is 1.08. The molecule has 0 aliphatic carbocycles. The molecule has 2 aliphatic rings. The van der Waals surface area contributed by atoms with E-state index in [0.717, 1.165) is 19.1 Å². The Hall–Kier alpha value is -0.910. The molecule has 2 saturated heterocycles. The van der Waals surface area contributed by atoms with Gasteiger partial charge in [0.2, 0.25) is 0 Å². The van der Waals surface area contributed by atoms with Crippen LogP contribution in [0.3, 0.4) is 0 Å². The van der Waals surface area contributed by atoms with Gasteiger partial charge in [-0.3, -0.25) is 14.5 Å². The third-order valence-electron chi connectivity index (χ3n) is 4.91. The molecule has 2 N–H and O–H groups in total. The average Bonchev–Trinajstić information content (AvgIpc) is 3.00. The number of rotatable bonds is 3. The molecule has 5 heteroatoms. The summed E-state index contributed by atoms with van der Waals surface area (Å²) in [7, 11) is 2.00. The number of aromatic nitrogens is 2. The van der Waals surface area contributed by atoms with Crippen LogP contribution in [-0.4, -0.2) is 58.3 Å². The van der Waals surface area contributed by atoms with Gasteiger partial charge in [-0.25, -0.2) is 0 Å². The van der Waals surface area contributed by atoms with E-state index in [9.17, 15) is 0 Å². The molecule has 2 unspecified atom stereocenters. The van der Waals surface area contributed by atoms with Crippen LogP contribution in [0.2, 0.25) is 0 Å². The molecule has 3 heterocycles. The number of nitrogens with two attached hydrogens (primary N) is 1. The minimum absolute atomic E-state index is 0.330. The van der Waals surface area contributed by atoms with Crippen molar-refractivity contribution in [3.63, 3.8) is 0 Å². The van der Waals surface area contributed by atoms with Gasteiger partial charge in [0, 0.05) is 50.5 Å². The number of hydrogen-bond acceptors (Lipinski definition) is 4. The maximum atomic E-state index is 6.06. The van der Waals surface area contributed by atoms with Crippen LogP contribution in [0, 0.1) is 6.92 Å². The lowest BCUT2D eigenvalue weighted by molar-refractivity contribution is 0.0735. The first-order chi connectivity index (χ1) is 9.20. The molecule has 5 nitrogen and oxygen atoms in total. The van der Waals surface area contributed by atoms with Crippen molar-refractivity contribution in [1.82, 2.24) is 19.6 Å². The van der Waals surface area contributed by atoms with Crippen molar-refractivity contribution in [2.24, 2.45) is 12.8 Å². The van der Waals surface area contributed by atoms with E-state index < -0.39 is 0 Å². The van der Waals surface area contributed by atoms with Crippen LogP contribution in [0.4, 0.5) is 0 Å². The molecule has 1 aromatic rings. The molecular formula is C14H25N5. The van der Waals surface area contributed by atoms with Gasteiger partial charge in [0.15, 0.2) is 0 Å². The average molecular weight is 263 g/mol. The minimum Gasteiger partial charge on any atom is -0.329 e. The summed E-state index contributed by atoms with van der Waals surface area (Å²) in [5.74, 6) is 0. The van der Waals surface area contributed by atoms with Crippen molar-refractivity contribution in [3.05, 3.63) is 17.5 Å². The van der Waals surface area contributed by atoms with Gasteiger partial charge in [-0.1, -0.05) is 0 Å². The van der Waals surface area contributed by atoms with E-state index in [1.807, 2.05) is 17.9 Å². The van der Waals surface area contributed by atoms with Crippen molar-refractivity contribution >= 4 is 0 Å². The fourth-order valence-electron chi connectivity index (χ4n) is 3.61. The minimum atomic E-state index is 0.330. The molecule has 0 spiro atoms. The zero-order chi connectivity index (χ0) is 13.4. The van der Waals surface area contributed by atoms with Crippen molar-refractivity contribution in [3.8, 4) is 0 Å². The van der Waals surface area contributed by atoms with E-state index in [4.69, 9.17) is 5.73 Å². The lowest BCUT2D eigenvalue weighted by atomic mass is 10.0.